The third-order valence-electron chi connectivity index (χ3n) is 4.68. The summed E-state index contributed by atoms with van der Waals surface area (Å²) in [5, 5.41) is 10.2. The van der Waals surface area contributed by atoms with Gasteiger partial charge in [-0.3, -0.25) is 4.18 Å². The molecular weight excluding hydrogens is 406 g/mol. The van der Waals surface area contributed by atoms with Crippen molar-refractivity contribution in [2.24, 2.45) is 0 Å². The molecule has 0 fully saturated rings. The van der Waals surface area contributed by atoms with Crippen molar-refractivity contribution in [2.45, 2.75) is 96.8 Å². The van der Waals surface area contributed by atoms with Gasteiger partial charge in [0.2, 0.25) is 0 Å². The Morgan fingerprint density at radius 3 is 1.53 bits per heavy atom. The fourth-order valence-electron chi connectivity index (χ4n) is 2.75. The second-order valence-corrected chi connectivity index (χ2v) is 10.2. The van der Waals surface area contributed by atoms with Crippen LogP contribution in [0.5, 0.6) is 0 Å². The average molecular weight is 454 g/mol. The highest BCUT2D eigenvalue weighted by Crippen LogP contribution is 2.12. The van der Waals surface area contributed by atoms with Crippen LogP contribution in [0, 0.1) is 0 Å². The Hall–Kier alpha value is -0.700. The molecule has 0 aromatic rings. The number of nitrogens with zero attached hydrogens (tertiary/aromatic N) is 1. The van der Waals surface area contributed by atoms with E-state index in [1.165, 1.54) is 70.6 Å². The number of rotatable bonds is 19. The lowest BCUT2D eigenvalue weighted by molar-refractivity contribution is -0.870. The van der Waals surface area contributed by atoms with Gasteiger partial charge in [0.15, 0.2) is 0 Å². The second kappa shape index (κ2) is 20.2. The highest BCUT2D eigenvalue weighted by molar-refractivity contribution is 7.81. The van der Waals surface area contributed by atoms with E-state index in [9.17, 15) is 18.3 Å². The van der Waals surface area contributed by atoms with Gasteiger partial charge in [0.05, 0.1) is 28.3 Å². The zero-order chi connectivity index (χ0) is 23.3. The van der Waals surface area contributed by atoms with E-state index in [0.29, 0.717) is 11.0 Å². The highest BCUT2D eigenvalue weighted by atomic mass is 32.3. The molecule has 8 heteroatoms. The number of carboxylic acids is 1. The Balaban J connectivity index is 0. The van der Waals surface area contributed by atoms with E-state index in [4.69, 9.17) is 0 Å². The molecule has 0 radical (unpaired) electrons. The Kier molecular flexibility index (Phi) is 21.2. The molecule has 0 saturated carbocycles. The molecule has 0 heterocycles. The first-order valence-corrected chi connectivity index (χ1v) is 12.8. The number of carbonyl (C=O) groups excluding carboxylic acids is 1. The van der Waals surface area contributed by atoms with Crippen molar-refractivity contribution >= 4 is 16.4 Å². The molecule has 7 nitrogen and oxygen atoms in total. The molecule has 0 aliphatic heterocycles. The molecule has 182 valence electrons. The van der Waals surface area contributed by atoms with Crippen LogP contribution in [0.1, 0.15) is 96.8 Å². The number of carbonyl (C=O) groups is 1. The Bertz CT molecular complexity index is 488. The van der Waals surface area contributed by atoms with Gasteiger partial charge >= 0.3 is 10.4 Å². The van der Waals surface area contributed by atoms with Gasteiger partial charge in [-0.1, -0.05) is 84.0 Å². The minimum absolute atomic E-state index is 0.139. The Labute approximate surface area is 186 Å². The smallest absolute Gasteiger partial charge is 0.399 e. The first kappa shape index (κ1) is 31.5. The van der Waals surface area contributed by atoms with Crippen molar-refractivity contribution in [3.63, 3.8) is 0 Å². The molecule has 0 atom stereocenters. The Morgan fingerprint density at radius 1 is 0.800 bits per heavy atom. The van der Waals surface area contributed by atoms with Gasteiger partial charge in [-0.2, -0.15) is 8.42 Å². The van der Waals surface area contributed by atoms with E-state index in [-0.39, 0.29) is 13.0 Å². The average Bonchev–Trinajstić information content (AvgIpc) is 2.64. The molecule has 0 N–H and O–H groups in total. The first-order chi connectivity index (χ1) is 14.0. The molecule has 30 heavy (non-hydrogen) atoms. The van der Waals surface area contributed by atoms with Gasteiger partial charge in [0.25, 0.3) is 0 Å². The van der Waals surface area contributed by atoms with Crippen LogP contribution in [0.4, 0.5) is 0 Å². The molecule has 0 aliphatic rings. The largest absolute Gasteiger partial charge is 0.550 e. The number of unbranched alkanes of at least 4 members (excludes halogenated alkanes) is 12. The SMILES string of the molecule is CCCCCCCCCCCCCCCC(=O)[O-].COS(=O)(=O)OCC[N+](C)(C)C. The summed E-state index contributed by atoms with van der Waals surface area (Å²) in [6.45, 7) is 3.01. The van der Waals surface area contributed by atoms with Gasteiger partial charge in [-0.25, -0.2) is 4.18 Å². The van der Waals surface area contributed by atoms with Crippen LogP contribution in [-0.4, -0.2) is 60.3 Å². The Morgan fingerprint density at radius 2 is 1.20 bits per heavy atom. The summed E-state index contributed by atoms with van der Waals surface area (Å²) < 4.78 is 30.5. The van der Waals surface area contributed by atoms with Crippen LogP contribution in [0.15, 0.2) is 0 Å². The second-order valence-electron chi connectivity index (χ2n) is 8.78. The van der Waals surface area contributed by atoms with Crippen molar-refractivity contribution in [2.75, 3.05) is 41.4 Å². The minimum Gasteiger partial charge on any atom is -0.550 e. The molecule has 0 rings (SSSR count). The van der Waals surface area contributed by atoms with E-state index >= 15 is 0 Å². The van der Waals surface area contributed by atoms with Crippen LogP contribution < -0.4 is 5.11 Å². The van der Waals surface area contributed by atoms with Crippen LogP contribution in [-0.2, 0) is 23.6 Å². The number of likely N-dealkylation sites (N-methyl/N-ethyl adjacent to an activating group) is 1. The van der Waals surface area contributed by atoms with Crippen LogP contribution in [0.2, 0.25) is 0 Å². The van der Waals surface area contributed by atoms with E-state index < -0.39 is 16.4 Å². The third kappa shape index (κ3) is 29.5. The summed E-state index contributed by atoms with van der Waals surface area (Å²) in [5.41, 5.74) is 0. The summed E-state index contributed by atoms with van der Waals surface area (Å²) in [6, 6.07) is 0. The van der Waals surface area contributed by atoms with Gasteiger partial charge in [-0.15, -0.1) is 0 Å². The standard InChI is InChI=1S/C16H32O2.C6H16NO4S/c1-2-3-4-5-6-7-8-9-10-11-12-13-14-15-16(17)18;1-7(2,3)5-6-11-12(8,9)10-4/h2-15H2,1H3,(H,17,18);5-6H2,1-4H3/q;+1/p-1. The van der Waals surface area contributed by atoms with E-state index in [2.05, 4.69) is 15.3 Å². The van der Waals surface area contributed by atoms with Gasteiger partial charge < -0.3 is 14.4 Å². The van der Waals surface area contributed by atoms with E-state index in [1.807, 2.05) is 21.1 Å². The normalized spacial score (nSPS) is 11.8. The molecule has 0 unspecified atom stereocenters. The minimum atomic E-state index is -3.75. The van der Waals surface area contributed by atoms with Crippen molar-refractivity contribution in [1.29, 1.82) is 0 Å². The zero-order valence-electron chi connectivity index (χ0n) is 20.1. The summed E-state index contributed by atoms with van der Waals surface area (Å²) in [6.07, 6.45) is 16.9. The number of quaternary nitrogens is 1. The fourth-order valence-corrected chi connectivity index (χ4v) is 3.12. The molecule has 0 amide bonds. The number of hydrogen-bond donors (Lipinski definition) is 0. The van der Waals surface area contributed by atoms with Crippen molar-refractivity contribution in [1.82, 2.24) is 0 Å². The third-order valence-corrected chi connectivity index (χ3v) is 5.54. The monoisotopic (exact) mass is 453 g/mol. The molecule has 0 aliphatic carbocycles. The van der Waals surface area contributed by atoms with E-state index in [1.54, 1.807) is 0 Å². The molecular formula is C22H47NO6S. The number of hydrogen-bond acceptors (Lipinski definition) is 6. The highest BCUT2D eigenvalue weighted by Gasteiger charge is 2.12. The molecule has 0 spiro atoms. The van der Waals surface area contributed by atoms with E-state index in [0.717, 1.165) is 20.0 Å². The van der Waals surface area contributed by atoms with Crippen molar-refractivity contribution < 1.29 is 31.2 Å². The van der Waals surface area contributed by atoms with Gasteiger partial charge in [-0.05, 0) is 12.8 Å². The first-order valence-electron chi connectivity index (χ1n) is 11.5. The maximum atomic E-state index is 10.6. The predicted octanol–water partition coefficient (Wildman–Crippen LogP) is 3.82. The van der Waals surface area contributed by atoms with Crippen LogP contribution >= 0.6 is 0 Å². The summed E-state index contributed by atoms with van der Waals surface area (Å²) in [5.74, 6) is -0.905. The van der Waals surface area contributed by atoms with Crippen LogP contribution in [0.3, 0.4) is 0 Å². The van der Waals surface area contributed by atoms with Crippen LogP contribution in [0.25, 0.3) is 0 Å². The quantitative estimate of drug-likeness (QED) is 0.218. The lowest BCUT2D eigenvalue weighted by Crippen LogP contribution is -2.38. The lowest BCUT2D eigenvalue weighted by Gasteiger charge is -2.22. The van der Waals surface area contributed by atoms with Crippen molar-refractivity contribution in [3.8, 4) is 0 Å². The zero-order valence-corrected chi connectivity index (χ0v) is 20.9. The lowest BCUT2D eigenvalue weighted by atomic mass is 10.0. The molecule has 0 bridgehead atoms. The predicted molar refractivity (Wildman–Crippen MR) is 120 cm³/mol. The maximum absolute atomic E-state index is 10.6. The number of aliphatic carboxylic acids is 1. The molecule has 0 aromatic carbocycles. The summed E-state index contributed by atoms with van der Waals surface area (Å²) in [7, 11) is 3.16. The number of carboxylic acid groups (broad SMARTS) is 1. The van der Waals surface area contributed by atoms with Crippen molar-refractivity contribution in [3.05, 3.63) is 0 Å². The fraction of sp³-hybridized carbons (Fsp3) is 0.955. The molecule has 0 aromatic heterocycles. The van der Waals surface area contributed by atoms with Gasteiger partial charge in [0, 0.05) is 5.97 Å². The topological polar surface area (TPSA) is 92.7 Å². The molecule has 0 saturated heterocycles. The summed E-state index contributed by atoms with van der Waals surface area (Å²) in [4.78, 5) is 10.2. The van der Waals surface area contributed by atoms with Gasteiger partial charge in [0.1, 0.15) is 13.2 Å². The summed E-state index contributed by atoms with van der Waals surface area (Å²) >= 11 is 0. The maximum Gasteiger partial charge on any atom is 0.399 e.